The van der Waals surface area contributed by atoms with Crippen LogP contribution < -0.4 is 5.32 Å². The molecular formula is C12H27NO. The Morgan fingerprint density at radius 1 is 1.14 bits per heavy atom. The van der Waals surface area contributed by atoms with Crippen molar-refractivity contribution in [2.45, 2.75) is 65.5 Å². The third kappa shape index (κ3) is 7.34. The zero-order valence-corrected chi connectivity index (χ0v) is 10.3. The van der Waals surface area contributed by atoms with Gasteiger partial charge in [-0.05, 0) is 26.2 Å². The van der Waals surface area contributed by atoms with E-state index in [0.717, 1.165) is 13.2 Å². The molecule has 0 aromatic heterocycles. The lowest BCUT2D eigenvalue weighted by Crippen LogP contribution is -2.31. The van der Waals surface area contributed by atoms with Gasteiger partial charge in [0.25, 0.3) is 0 Å². The van der Waals surface area contributed by atoms with E-state index in [1.807, 2.05) is 0 Å². The first-order chi connectivity index (χ1) is 6.74. The highest BCUT2D eigenvalue weighted by Crippen LogP contribution is 2.00. The second-order valence-electron chi connectivity index (χ2n) is 3.94. The summed E-state index contributed by atoms with van der Waals surface area (Å²) in [4.78, 5) is 0. The molecule has 1 N–H and O–H groups in total. The summed E-state index contributed by atoms with van der Waals surface area (Å²) in [7, 11) is 0. The van der Waals surface area contributed by atoms with Gasteiger partial charge in [-0.2, -0.15) is 0 Å². The Labute approximate surface area is 89.4 Å². The fourth-order valence-electron chi connectivity index (χ4n) is 1.59. The van der Waals surface area contributed by atoms with Crippen LogP contribution in [-0.2, 0) is 4.74 Å². The van der Waals surface area contributed by atoms with Gasteiger partial charge in [-0.15, -0.1) is 0 Å². The zero-order chi connectivity index (χ0) is 10.8. The van der Waals surface area contributed by atoms with Crippen LogP contribution in [0.3, 0.4) is 0 Å². The quantitative estimate of drug-likeness (QED) is 0.579. The van der Waals surface area contributed by atoms with Crippen LogP contribution in [0.2, 0.25) is 0 Å². The summed E-state index contributed by atoms with van der Waals surface area (Å²) in [6, 6.07) is 0.667. The van der Waals surface area contributed by atoms with Gasteiger partial charge in [-0.3, -0.25) is 0 Å². The molecule has 86 valence electrons. The van der Waals surface area contributed by atoms with Crippen molar-refractivity contribution in [2.75, 3.05) is 13.2 Å². The molecule has 0 aliphatic rings. The molecular weight excluding hydrogens is 174 g/mol. The second-order valence-corrected chi connectivity index (χ2v) is 3.94. The highest BCUT2D eigenvalue weighted by Gasteiger charge is 2.02. The molecule has 2 nitrogen and oxygen atoms in total. The molecule has 0 heterocycles. The minimum atomic E-state index is 0.420. The highest BCUT2D eigenvalue weighted by atomic mass is 16.5. The first-order valence-corrected chi connectivity index (χ1v) is 6.09. The van der Waals surface area contributed by atoms with Crippen LogP contribution in [0.4, 0.5) is 0 Å². The lowest BCUT2D eigenvalue weighted by molar-refractivity contribution is 0.0604. The van der Waals surface area contributed by atoms with Crippen molar-refractivity contribution in [3.05, 3.63) is 0 Å². The Morgan fingerprint density at radius 2 is 1.79 bits per heavy atom. The summed E-state index contributed by atoms with van der Waals surface area (Å²) in [5.41, 5.74) is 0. The number of nitrogens with one attached hydrogen (secondary N) is 1. The molecule has 0 amide bonds. The van der Waals surface area contributed by atoms with Crippen molar-refractivity contribution in [2.24, 2.45) is 0 Å². The van der Waals surface area contributed by atoms with Crippen LogP contribution in [-0.4, -0.2) is 25.3 Å². The lowest BCUT2D eigenvalue weighted by Gasteiger charge is -2.16. The Hall–Kier alpha value is -0.0800. The molecule has 0 radical (unpaired) electrons. The average Bonchev–Trinajstić information content (AvgIpc) is 2.19. The van der Waals surface area contributed by atoms with E-state index < -0.39 is 0 Å². The molecule has 0 aromatic carbocycles. The first-order valence-electron chi connectivity index (χ1n) is 6.09. The lowest BCUT2D eigenvalue weighted by atomic mass is 10.2. The van der Waals surface area contributed by atoms with Gasteiger partial charge in [0.2, 0.25) is 0 Å². The fourth-order valence-corrected chi connectivity index (χ4v) is 1.59. The standard InChI is InChI=1S/C12H27NO/c1-5-8-11(4)14-10-9-13-12(6-2)7-3/h11-13H,5-10H2,1-4H3. The first kappa shape index (κ1) is 13.9. The van der Waals surface area contributed by atoms with E-state index in [0.29, 0.717) is 12.1 Å². The van der Waals surface area contributed by atoms with Crippen LogP contribution in [0.25, 0.3) is 0 Å². The van der Waals surface area contributed by atoms with Crippen LogP contribution >= 0.6 is 0 Å². The van der Waals surface area contributed by atoms with E-state index in [2.05, 4.69) is 33.0 Å². The Balaban J connectivity index is 3.27. The summed E-state index contributed by atoms with van der Waals surface area (Å²) in [6.07, 6.45) is 5.22. The number of ether oxygens (including phenoxy) is 1. The van der Waals surface area contributed by atoms with Crippen LogP contribution in [0.5, 0.6) is 0 Å². The maximum atomic E-state index is 5.66. The predicted octanol–water partition coefficient (Wildman–Crippen LogP) is 2.97. The Morgan fingerprint density at radius 3 is 2.29 bits per heavy atom. The van der Waals surface area contributed by atoms with E-state index in [-0.39, 0.29) is 0 Å². The monoisotopic (exact) mass is 201 g/mol. The van der Waals surface area contributed by atoms with Gasteiger partial charge in [0.15, 0.2) is 0 Å². The molecule has 0 saturated heterocycles. The topological polar surface area (TPSA) is 21.3 Å². The molecule has 0 saturated carbocycles. The van der Waals surface area contributed by atoms with E-state index in [9.17, 15) is 0 Å². The van der Waals surface area contributed by atoms with Crippen molar-refractivity contribution < 1.29 is 4.74 Å². The minimum Gasteiger partial charge on any atom is -0.377 e. The normalized spacial score (nSPS) is 13.5. The SMILES string of the molecule is CCCC(C)OCCNC(CC)CC. The highest BCUT2D eigenvalue weighted by molar-refractivity contribution is 4.61. The maximum absolute atomic E-state index is 5.66. The third-order valence-electron chi connectivity index (χ3n) is 2.62. The van der Waals surface area contributed by atoms with E-state index >= 15 is 0 Å². The molecule has 2 heteroatoms. The largest absolute Gasteiger partial charge is 0.377 e. The molecule has 0 aliphatic heterocycles. The Bertz CT molecular complexity index is 113. The molecule has 1 atom stereocenters. The number of rotatable bonds is 9. The molecule has 0 aromatic rings. The summed E-state index contributed by atoms with van der Waals surface area (Å²) in [6.45, 7) is 10.6. The number of hydrogen-bond donors (Lipinski definition) is 1. The van der Waals surface area contributed by atoms with Crippen molar-refractivity contribution in [3.63, 3.8) is 0 Å². The summed E-state index contributed by atoms with van der Waals surface area (Å²) in [5, 5.41) is 3.49. The van der Waals surface area contributed by atoms with Gasteiger partial charge in [0.05, 0.1) is 12.7 Å². The van der Waals surface area contributed by atoms with Gasteiger partial charge in [-0.1, -0.05) is 27.2 Å². The van der Waals surface area contributed by atoms with Gasteiger partial charge < -0.3 is 10.1 Å². The molecule has 0 spiro atoms. The molecule has 0 bridgehead atoms. The summed E-state index contributed by atoms with van der Waals surface area (Å²) < 4.78 is 5.66. The van der Waals surface area contributed by atoms with Crippen molar-refractivity contribution >= 4 is 0 Å². The fraction of sp³-hybridized carbons (Fsp3) is 1.00. The molecule has 1 unspecified atom stereocenters. The minimum absolute atomic E-state index is 0.420. The van der Waals surface area contributed by atoms with Gasteiger partial charge in [0.1, 0.15) is 0 Å². The van der Waals surface area contributed by atoms with Gasteiger partial charge in [0, 0.05) is 12.6 Å². The summed E-state index contributed by atoms with van der Waals surface area (Å²) >= 11 is 0. The smallest absolute Gasteiger partial charge is 0.0594 e. The Kier molecular flexibility index (Phi) is 9.42. The van der Waals surface area contributed by atoms with E-state index in [4.69, 9.17) is 4.74 Å². The van der Waals surface area contributed by atoms with Crippen LogP contribution in [0.1, 0.15) is 53.4 Å². The van der Waals surface area contributed by atoms with E-state index in [1.54, 1.807) is 0 Å². The van der Waals surface area contributed by atoms with E-state index in [1.165, 1.54) is 25.7 Å². The molecule has 0 rings (SSSR count). The molecule has 0 fully saturated rings. The van der Waals surface area contributed by atoms with Crippen LogP contribution in [0.15, 0.2) is 0 Å². The van der Waals surface area contributed by atoms with Crippen molar-refractivity contribution in [1.82, 2.24) is 5.32 Å². The van der Waals surface area contributed by atoms with Crippen molar-refractivity contribution in [1.29, 1.82) is 0 Å². The van der Waals surface area contributed by atoms with Crippen LogP contribution in [0, 0.1) is 0 Å². The maximum Gasteiger partial charge on any atom is 0.0594 e. The zero-order valence-electron chi connectivity index (χ0n) is 10.3. The average molecular weight is 201 g/mol. The van der Waals surface area contributed by atoms with Crippen molar-refractivity contribution in [3.8, 4) is 0 Å². The molecule has 0 aliphatic carbocycles. The second kappa shape index (κ2) is 9.47. The van der Waals surface area contributed by atoms with Gasteiger partial charge >= 0.3 is 0 Å². The summed E-state index contributed by atoms with van der Waals surface area (Å²) in [5.74, 6) is 0. The predicted molar refractivity (Wildman–Crippen MR) is 62.7 cm³/mol. The number of hydrogen-bond acceptors (Lipinski definition) is 2. The molecule has 14 heavy (non-hydrogen) atoms. The van der Waals surface area contributed by atoms with Gasteiger partial charge in [-0.25, -0.2) is 0 Å². The third-order valence-corrected chi connectivity index (χ3v) is 2.62.